The summed E-state index contributed by atoms with van der Waals surface area (Å²) in [6, 6.07) is 0.585. The number of rotatable bonds is 6. The quantitative estimate of drug-likeness (QED) is 0.678. The Morgan fingerprint density at radius 1 is 1.53 bits per heavy atom. The summed E-state index contributed by atoms with van der Waals surface area (Å²) in [5, 5.41) is 6.09. The summed E-state index contributed by atoms with van der Waals surface area (Å²) in [5.41, 5.74) is 0. The van der Waals surface area contributed by atoms with Gasteiger partial charge in [0.2, 0.25) is 11.8 Å². The van der Waals surface area contributed by atoms with Gasteiger partial charge in [0.1, 0.15) is 0 Å². The van der Waals surface area contributed by atoms with Crippen molar-refractivity contribution in [1.29, 1.82) is 0 Å². The molecule has 1 atom stereocenters. The van der Waals surface area contributed by atoms with E-state index in [0.717, 1.165) is 13.0 Å². The minimum absolute atomic E-state index is 0.0241. The Hall–Kier alpha value is -1.10. The van der Waals surface area contributed by atoms with Crippen molar-refractivity contribution in [2.24, 2.45) is 0 Å². The summed E-state index contributed by atoms with van der Waals surface area (Å²) in [6.45, 7) is 3.80. The average Bonchev–Trinajstić information content (AvgIpc) is 3.02. The molecule has 1 aliphatic heterocycles. The average molecular weight is 239 g/mol. The van der Waals surface area contributed by atoms with Crippen molar-refractivity contribution in [2.45, 2.75) is 44.7 Å². The molecule has 1 heterocycles. The summed E-state index contributed by atoms with van der Waals surface area (Å²) in [4.78, 5) is 24.8. The van der Waals surface area contributed by atoms with Crippen molar-refractivity contribution >= 4 is 11.8 Å². The van der Waals surface area contributed by atoms with E-state index < -0.39 is 0 Å². The SMILES string of the molecule is CC(CN1CCCC1=O)NC(=O)CNC1CC1. The van der Waals surface area contributed by atoms with E-state index in [-0.39, 0.29) is 17.9 Å². The lowest BCUT2D eigenvalue weighted by molar-refractivity contribution is -0.128. The van der Waals surface area contributed by atoms with E-state index >= 15 is 0 Å². The molecule has 2 N–H and O–H groups in total. The molecule has 1 saturated heterocycles. The van der Waals surface area contributed by atoms with E-state index in [2.05, 4.69) is 10.6 Å². The van der Waals surface area contributed by atoms with Crippen LogP contribution in [0.15, 0.2) is 0 Å². The van der Waals surface area contributed by atoms with Gasteiger partial charge in [-0.1, -0.05) is 0 Å². The van der Waals surface area contributed by atoms with E-state index in [9.17, 15) is 9.59 Å². The number of carbonyl (C=O) groups excluding carboxylic acids is 2. The number of hydrogen-bond donors (Lipinski definition) is 2. The molecule has 1 unspecified atom stereocenters. The lowest BCUT2D eigenvalue weighted by Crippen LogP contribution is -2.45. The molecule has 1 aliphatic carbocycles. The molecule has 5 nitrogen and oxygen atoms in total. The molecule has 0 spiro atoms. The fourth-order valence-electron chi connectivity index (χ4n) is 2.12. The maximum absolute atomic E-state index is 11.6. The molecule has 2 rings (SSSR count). The maximum atomic E-state index is 11.6. The van der Waals surface area contributed by atoms with Crippen molar-refractivity contribution in [3.05, 3.63) is 0 Å². The highest BCUT2D eigenvalue weighted by atomic mass is 16.2. The summed E-state index contributed by atoms with van der Waals surface area (Å²) < 4.78 is 0. The number of hydrogen-bond acceptors (Lipinski definition) is 3. The van der Waals surface area contributed by atoms with Gasteiger partial charge in [-0.25, -0.2) is 0 Å². The van der Waals surface area contributed by atoms with Crippen LogP contribution in [-0.2, 0) is 9.59 Å². The van der Waals surface area contributed by atoms with Crippen LogP contribution in [0.4, 0.5) is 0 Å². The third-order valence-electron chi connectivity index (χ3n) is 3.20. The zero-order chi connectivity index (χ0) is 12.3. The van der Waals surface area contributed by atoms with Gasteiger partial charge >= 0.3 is 0 Å². The molecule has 96 valence electrons. The smallest absolute Gasteiger partial charge is 0.234 e. The van der Waals surface area contributed by atoms with Crippen LogP contribution in [0.3, 0.4) is 0 Å². The van der Waals surface area contributed by atoms with Gasteiger partial charge in [0.15, 0.2) is 0 Å². The van der Waals surface area contributed by atoms with Gasteiger partial charge in [-0.15, -0.1) is 0 Å². The molecule has 1 saturated carbocycles. The second-order valence-electron chi connectivity index (χ2n) is 5.07. The van der Waals surface area contributed by atoms with Gasteiger partial charge in [-0.3, -0.25) is 9.59 Å². The van der Waals surface area contributed by atoms with Gasteiger partial charge in [0.05, 0.1) is 6.54 Å². The Bertz CT molecular complexity index is 302. The van der Waals surface area contributed by atoms with E-state index in [1.165, 1.54) is 12.8 Å². The summed E-state index contributed by atoms with van der Waals surface area (Å²) >= 11 is 0. The number of likely N-dealkylation sites (tertiary alicyclic amines) is 1. The Balaban J connectivity index is 1.63. The number of carbonyl (C=O) groups is 2. The molecule has 2 aliphatic rings. The van der Waals surface area contributed by atoms with Gasteiger partial charge in [0, 0.05) is 31.6 Å². The molecule has 0 aromatic rings. The normalized spacial score (nSPS) is 21.7. The van der Waals surface area contributed by atoms with Gasteiger partial charge in [-0.2, -0.15) is 0 Å². The van der Waals surface area contributed by atoms with Crippen LogP contribution in [0.25, 0.3) is 0 Å². The second-order valence-corrected chi connectivity index (χ2v) is 5.07. The maximum Gasteiger partial charge on any atom is 0.234 e. The molecule has 2 amide bonds. The van der Waals surface area contributed by atoms with Crippen molar-refractivity contribution in [3.8, 4) is 0 Å². The molecule has 17 heavy (non-hydrogen) atoms. The van der Waals surface area contributed by atoms with E-state index in [4.69, 9.17) is 0 Å². The molecular formula is C12H21N3O2. The third kappa shape index (κ3) is 4.00. The van der Waals surface area contributed by atoms with Crippen molar-refractivity contribution in [2.75, 3.05) is 19.6 Å². The van der Waals surface area contributed by atoms with Crippen LogP contribution in [-0.4, -0.2) is 48.4 Å². The van der Waals surface area contributed by atoms with E-state index in [0.29, 0.717) is 25.6 Å². The highest BCUT2D eigenvalue weighted by Gasteiger charge is 2.23. The molecule has 0 bridgehead atoms. The van der Waals surface area contributed by atoms with Crippen LogP contribution in [0.1, 0.15) is 32.6 Å². The standard InChI is InChI=1S/C12H21N3O2/c1-9(8-15-6-2-3-12(15)17)14-11(16)7-13-10-4-5-10/h9-10,13H,2-8H2,1H3,(H,14,16). The lowest BCUT2D eigenvalue weighted by atomic mass is 10.3. The fraction of sp³-hybridized carbons (Fsp3) is 0.833. The topological polar surface area (TPSA) is 61.4 Å². The first-order valence-corrected chi connectivity index (χ1v) is 6.45. The van der Waals surface area contributed by atoms with Crippen LogP contribution in [0.5, 0.6) is 0 Å². The minimum atomic E-state index is 0.0241. The van der Waals surface area contributed by atoms with Gasteiger partial charge < -0.3 is 15.5 Å². The van der Waals surface area contributed by atoms with Crippen molar-refractivity contribution in [1.82, 2.24) is 15.5 Å². The zero-order valence-electron chi connectivity index (χ0n) is 10.4. The Morgan fingerprint density at radius 2 is 2.29 bits per heavy atom. The van der Waals surface area contributed by atoms with Crippen LogP contribution in [0.2, 0.25) is 0 Å². The van der Waals surface area contributed by atoms with Gasteiger partial charge in [-0.05, 0) is 26.2 Å². The second kappa shape index (κ2) is 5.49. The molecule has 0 aromatic heterocycles. The Morgan fingerprint density at radius 3 is 2.88 bits per heavy atom. The Kier molecular flexibility index (Phi) is 3.99. The van der Waals surface area contributed by atoms with Crippen LogP contribution < -0.4 is 10.6 Å². The van der Waals surface area contributed by atoms with E-state index in [1.54, 1.807) is 0 Å². The summed E-state index contributed by atoms with van der Waals surface area (Å²) in [5.74, 6) is 0.234. The first kappa shape index (κ1) is 12.4. The lowest BCUT2D eigenvalue weighted by Gasteiger charge is -2.21. The van der Waals surface area contributed by atoms with Gasteiger partial charge in [0.25, 0.3) is 0 Å². The molecule has 0 radical (unpaired) electrons. The highest BCUT2D eigenvalue weighted by Crippen LogP contribution is 2.17. The molecule has 5 heteroatoms. The minimum Gasteiger partial charge on any atom is -0.351 e. The predicted molar refractivity (Wildman–Crippen MR) is 64.4 cm³/mol. The summed E-state index contributed by atoms with van der Waals surface area (Å²) in [7, 11) is 0. The summed E-state index contributed by atoms with van der Waals surface area (Å²) in [6.07, 6.45) is 3.98. The molecule has 0 aromatic carbocycles. The Labute approximate surface area is 102 Å². The molecule has 2 fully saturated rings. The number of amides is 2. The largest absolute Gasteiger partial charge is 0.351 e. The number of nitrogens with one attached hydrogen (secondary N) is 2. The number of nitrogens with zero attached hydrogens (tertiary/aromatic N) is 1. The first-order chi connectivity index (χ1) is 8.15. The molecular weight excluding hydrogens is 218 g/mol. The van der Waals surface area contributed by atoms with E-state index in [1.807, 2.05) is 11.8 Å². The van der Waals surface area contributed by atoms with Crippen LogP contribution in [0, 0.1) is 0 Å². The van der Waals surface area contributed by atoms with Crippen molar-refractivity contribution in [3.63, 3.8) is 0 Å². The monoisotopic (exact) mass is 239 g/mol. The highest BCUT2D eigenvalue weighted by molar-refractivity contribution is 5.79. The fourth-order valence-corrected chi connectivity index (χ4v) is 2.12. The zero-order valence-corrected chi connectivity index (χ0v) is 10.4. The van der Waals surface area contributed by atoms with Crippen molar-refractivity contribution < 1.29 is 9.59 Å². The third-order valence-corrected chi connectivity index (χ3v) is 3.20. The first-order valence-electron chi connectivity index (χ1n) is 6.45. The van der Waals surface area contributed by atoms with Crippen LogP contribution >= 0.6 is 0 Å². The predicted octanol–water partition coefficient (Wildman–Crippen LogP) is -0.134.